The number of ether oxygens (including phenoxy) is 3. The molecule has 3 aromatic rings. The monoisotopic (exact) mass is 375 g/mol. The number of rotatable bonds is 7. The predicted molar refractivity (Wildman–Crippen MR) is 97.1 cm³/mol. The average Bonchev–Trinajstić information content (AvgIpc) is 3.14. The quantitative estimate of drug-likeness (QED) is 0.477. The van der Waals surface area contributed by atoms with Crippen molar-refractivity contribution in [3.8, 4) is 17.2 Å². The third-order valence-electron chi connectivity index (χ3n) is 3.48. The molecule has 0 saturated heterocycles. The van der Waals surface area contributed by atoms with Crippen LogP contribution in [0.2, 0.25) is 0 Å². The van der Waals surface area contributed by atoms with Gasteiger partial charge in [0.1, 0.15) is 16.9 Å². The number of benzene rings is 1. The van der Waals surface area contributed by atoms with Crippen LogP contribution in [0, 0.1) is 0 Å². The predicted octanol–water partition coefficient (Wildman–Crippen LogP) is 2.11. The van der Waals surface area contributed by atoms with E-state index in [1.54, 1.807) is 18.5 Å². The number of thioether (sulfide) groups is 1. The minimum Gasteiger partial charge on any atom is -0.493 e. The van der Waals surface area contributed by atoms with Crippen LogP contribution in [0.5, 0.6) is 17.2 Å². The Balaban J connectivity index is 1.71. The van der Waals surface area contributed by atoms with Crippen molar-refractivity contribution < 1.29 is 19.0 Å². The van der Waals surface area contributed by atoms with Gasteiger partial charge in [-0.05, 0) is 0 Å². The number of H-pyrrole nitrogens is 1. The molecule has 9 nitrogen and oxygen atoms in total. The second kappa shape index (κ2) is 7.91. The number of carbonyl (C=O) groups excluding carboxylic acids is 1. The number of hydrogen-bond acceptors (Lipinski definition) is 8. The van der Waals surface area contributed by atoms with Crippen LogP contribution in [0.15, 0.2) is 29.8 Å². The lowest BCUT2D eigenvalue weighted by molar-refractivity contribution is -0.113. The molecule has 0 fully saturated rings. The summed E-state index contributed by atoms with van der Waals surface area (Å²) in [6.07, 6.45) is 2.96. The zero-order chi connectivity index (χ0) is 18.5. The van der Waals surface area contributed by atoms with Crippen LogP contribution in [-0.4, -0.2) is 52.9 Å². The summed E-state index contributed by atoms with van der Waals surface area (Å²) in [6.45, 7) is 0. The Hall–Kier alpha value is -3.01. The molecule has 26 heavy (non-hydrogen) atoms. The number of amides is 1. The number of aromatic amines is 1. The van der Waals surface area contributed by atoms with Gasteiger partial charge in [-0.3, -0.25) is 4.79 Å². The third kappa shape index (κ3) is 3.64. The Morgan fingerprint density at radius 3 is 2.50 bits per heavy atom. The van der Waals surface area contributed by atoms with Crippen LogP contribution in [0.4, 0.5) is 5.69 Å². The molecule has 136 valence electrons. The van der Waals surface area contributed by atoms with Crippen molar-refractivity contribution in [2.75, 3.05) is 32.4 Å². The zero-order valence-electron chi connectivity index (χ0n) is 14.4. The number of nitrogens with one attached hydrogen (secondary N) is 2. The molecule has 1 aromatic carbocycles. The molecular formula is C16H17N5O4S. The third-order valence-corrected chi connectivity index (χ3v) is 4.47. The Bertz CT molecular complexity index is 905. The maximum atomic E-state index is 12.3. The van der Waals surface area contributed by atoms with Crippen molar-refractivity contribution in [1.82, 2.24) is 19.9 Å². The molecular weight excluding hydrogens is 358 g/mol. The number of hydrogen-bond donors (Lipinski definition) is 2. The smallest absolute Gasteiger partial charge is 0.234 e. The van der Waals surface area contributed by atoms with Gasteiger partial charge in [0.25, 0.3) is 0 Å². The van der Waals surface area contributed by atoms with E-state index in [4.69, 9.17) is 14.2 Å². The summed E-state index contributed by atoms with van der Waals surface area (Å²) in [6, 6.07) is 3.34. The molecule has 0 atom stereocenters. The molecule has 0 aliphatic carbocycles. The van der Waals surface area contributed by atoms with E-state index in [2.05, 4.69) is 25.3 Å². The lowest BCUT2D eigenvalue weighted by atomic mass is 10.2. The van der Waals surface area contributed by atoms with Crippen LogP contribution in [0.1, 0.15) is 0 Å². The summed E-state index contributed by atoms with van der Waals surface area (Å²) in [7, 11) is 4.56. The molecule has 0 saturated carbocycles. The van der Waals surface area contributed by atoms with Gasteiger partial charge in [0, 0.05) is 17.8 Å². The number of aromatic nitrogens is 4. The van der Waals surface area contributed by atoms with E-state index >= 15 is 0 Å². The van der Waals surface area contributed by atoms with Gasteiger partial charge in [-0.2, -0.15) is 0 Å². The summed E-state index contributed by atoms with van der Waals surface area (Å²) >= 11 is 1.29. The van der Waals surface area contributed by atoms with E-state index in [0.29, 0.717) is 39.1 Å². The van der Waals surface area contributed by atoms with Crippen LogP contribution < -0.4 is 19.5 Å². The van der Waals surface area contributed by atoms with Crippen molar-refractivity contribution in [1.29, 1.82) is 0 Å². The minimum absolute atomic E-state index is 0.168. The fourth-order valence-electron chi connectivity index (χ4n) is 2.34. The number of nitrogens with zero attached hydrogens (tertiary/aromatic N) is 3. The highest BCUT2D eigenvalue weighted by molar-refractivity contribution is 8.00. The van der Waals surface area contributed by atoms with E-state index in [1.807, 2.05) is 0 Å². The SMILES string of the molecule is COc1cc(NC(=O)CSc2ncnc3nc[nH]c23)cc(OC)c1OC. The Morgan fingerprint density at radius 2 is 1.85 bits per heavy atom. The average molecular weight is 375 g/mol. The van der Waals surface area contributed by atoms with Crippen LogP contribution >= 0.6 is 11.8 Å². The van der Waals surface area contributed by atoms with Gasteiger partial charge in [-0.15, -0.1) is 0 Å². The number of methoxy groups -OCH3 is 3. The van der Waals surface area contributed by atoms with Gasteiger partial charge in [0.2, 0.25) is 11.7 Å². The first-order valence-corrected chi connectivity index (χ1v) is 8.51. The van der Waals surface area contributed by atoms with Crippen molar-refractivity contribution in [2.24, 2.45) is 0 Å². The first-order valence-electron chi connectivity index (χ1n) is 7.53. The van der Waals surface area contributed by atoms with E-state index in [0.717, 1.165) is 0 Å². The number of imidazole rings is 1. The van der Waals surface area contributed by atoms with Crippen molar-refractivity contribution >= 4 is 34.5 Å². The topological polar surface area (TPSA) is 111 Å². The maximum Gasteiger partial charge on any atom is 0.234 e. The zero-order valence-corrected chi connectivity index (χ0v) is 15.2. The van der Waals surface area contributed by atoms with Crippen LogP contribution in [-0.2, 0) is 4.79 Å². The number of carbonyl (C=O) groups is 1. The Kier molecular flexibility index (Phi) is 5.42. The fourth-order valence-corrected chi connectivity index (χ4v) is 3.09. The van der Waals surface area contributed by atoms with Crippen molar-refractivity contribution in [3.63, 3.8) is 0 Å². The maximum absolute atomic E-state index is 12.3. The van der Waals surface area contributed by atoms with Crippen molar-refractivity contribution in [2.45, 2.75) is 5.03 Å². The summed E-state index contributed by atoms with van der Waals surface area (Å²) in [5.74, 6) is 1.36. The van der Waals surface area contributed by atoms with Crippen LogP contribution in [0.25, 0.3) is 11.2 Å². The molecule has 0 bridgehead atoms. The lowest BCUT2D eigenvalue weighted by Gasteiger charge is -2.14. The number of fused-ring (bicyclic) bond motifs is 1. The highest BCUT2D eigenvalue weighted by atomic mass is 32.2. The van der Waals surface area contributed by atoms with E-state index < -0.39 is 0 Å². The highest BCUT2D eigenvalue weighted by Gasteiger charge is 2.15. The molecule has 10 heteroatoms. The van der Waals surface area contributed by atoms with Gasteiger partial charge in [0.15, 0.2) is 17.1 Å². The minimum atomic E-state index is -0.199. The normalized spacial score (nSPS) is 10.6. The molecule has 0 radical (unpaired) electrons. The fraction of sp³-hybridized carbons (Fsp3) is 0.250. The summed E-state index contributed by atoms with van der Waals surface area (Å²) in [4.78, 5) is 27.6. The van der Waals surface area contributed by atoms with Gasteiger partial charge in [0.05, 0.1) is 33.4 Å². The largest absolute Gasteiger partial charge is 0.493 e. The second-order valence-corrected chi connectivity index (χ2v) is 5.99. The standard InChI is InChI=1S/C16H17N5O4S/c1-23-10-4-9(5-11(24-2)14(10)25-3)21-12(22)6-26-16-13-15(18-7-17-13)19-8-20-16/h4-5,7-8H,6H2,1-3H3,(H,21,22)(H,17,18,19,20). The first kappa shape index (κ1) is 17.8. The highest BCUT2D eigenvalue weighted by Crippen LogP contribution is 2.40. The molecule has 2 aromatic heterocycles. The molecule has 0 aliphatic heterocycles. The van der Waals surface area contributed by atoms with Gasteiger partial charge in [-0.1, -0.05) is 11.8 Å². The van der Waals surface area contributed by atoms with Gasteiger partial charge in [-0.25, -0.2) is 15.0 Å². The van der Waals surface area contributed by atoms with E-state index in [-0.39, 0.29) is 11.7 Å². The van der Waals surface area contributed by atoms with Crippen LogP contribution in [0.3, 0.4) is 0 Å². The number of anilines is 1. The molecule has 1 amide bonds. The summed E-state index contributed by atoms with van der Waals surface area (Å²) in [5, 5.41) is 3.47. The second-order valence-electron chi connectivity index (χ2n) is 5.03. The summed E-state index contributed by atoms with van der Waals surface area (Å²) < 4.78 is 15.8. The molecule has 3 rings (SSSR count). The molecule has 0 aliphatic rings. The molecule has 0 unspecified atom stereocenters. The Labute approximate surface area is 153 Å². The first-order chi connectivity index (χ1) is 12.7. The Morgan fingerprint density at radius 1 is 1.12 bits per heavy atom. The van der Waals surface area contributed by atoms with Crippen molar-refractivity contribution in [3.05, 3.63) is 24.8 Å². The molecule has 2 heterocycles. The molecule has 0 spiro atoms. The van der Waals surface area contributed by atoms with E-state index in [9.17, 15) is 4.79 Å². The summed E-state index contributed by atoms with van der Waals surface area (Å²) in [5.41, 5.74) is 1.81. The van der Waals surface area contributed by atoms with E-state index in [1.165, 1.54) is 39.4 Å². The lowest BCUT2D eigenvalue weighted by Crippen LogP contribution is -2.14. The van der Waals surface area contributed by atoms with Gasteiger partial charge < -0.3 is 24.5 Å². The van der Waals surface area contributed by atoms with Gasteiger partial charge >= 0.3 is 0 Å². The molecule has 2 N–H and O–H groups in total.